The van der Waals surface area contributed by atoms with E-state index >= 15 is 0 Å². The number of hydrogen-bond acceptors (Lipinski definition) is 2. The summed E-state index contributed by atoms with van der Waals surface area (Å²) in [5, 5.41) is 9.12. The standard InChI is InChI=1S/C12H19NO3/c1-13(8-6-7-8)11(14)9-4-2-3-5-10(9)12(15)16/h8-10H,2-7H2,1H3,(H,15,16)/t9-,10+/m1/s1. The van der Waals surface area contributed by atoms with Gasteiger partial charge in [-0.15, -0.1) is 0 Å². The Bertz CT molecular complexity index is 299. The zero-order valence-electron chi connectivity index (χ0n) is 9.69. The molecule has 4 nitrogen and oxygen atoms in total. The van der Waals surface area contributed by atoms with Crippen molar-refractivity contribution in [3.8, 4) is 0 Å². The van der Waals surface area contributed by atoms with E-state index in [0.29, 0.717) is 12.5 Å². The van der Waals surface area contributed by atoms with Crippen LogP contribution in [0.5, 0.6) is 0 Å². The topological polar surface area (TPSA) is 57.6 Å². The highest BCUT2D eigenvalue weighted by Crippen LogP contribution is 2.34. The van der Waals surface area contributed by atoms with Crippen molar-refractivity contribution in [1.29, 1.82) is 0 Å². The van der Waals surface area contributed by atoms with E-state index in [-0.39, 0.29) is 11.8 Å². The number of amides is 1. The molecule has 2 fully saturated rings. The first-order valence-corrected chi connectivity index (χ1v) is 6.10. The van der Waals surface area contributed by atoms with Crippen molar-refractivity contribution in [2.24, 2.45) is 11.8 Å². The normalized spacial score (nSPS) is 29.8. The monoisotopic (exact) mass is 225 g/mol. The third-order valence-corrected chi connectivity index (χ3v) is 3.84. The molecule has 0 aliphatic heterocycles. The zero-order valence-corrected chi connectivity index (χ0v) is 9.69. The second-order valence-electron chi connectivity index (χ2n) is 5.02. The molecule has 0 aromatic rings. The molecule has 1 N–H and O–H groups in total. The summed E-state index contributed by atoms with van der Waals surface area (Å²) in [4.78, 5) is 25.0. The molecule has 4 heteroatoms. The van der Waals surface area contributed by atoms with Crippen molar-refractivity contribution in [2.75, 3.05) is 7.05 Å². The fourth-order valence-corrected chi connectivity index (χ4v) is 2.63. The van der Waals surface area contributed by atoms with Gasteiger partial charge in [-0.25, -0.2) is 0 Å². The van der Waals surface area contributed by atoms with Gasteiger partial charge in [0.05, 0.1) is 11.8 Å². The zero-order chi connectivity index (χ0) is 11.7. The Morgan fingerprint density at radius 1 is 1.06 bits per heavy atom. The quantitative estimate of drug-likeness (QED) is 0.791. The Kier molecular flexibility index (Phi) is 3.17. The SMILES string of the molecule is CN(C(=O)[C@@H]1CCCC[C@@H]1C(=O)O)C1CC1. The maximum Gasteiger partial charge on any atom is 0.307 e. The molecule has 0 radical (unpaired) electrons. The highest BCUT2D eigenvalue weighted by atomic mass is 16.4. The van der Waals surface area contributed by atoms with Crippen molar-refractivity contribution >= 4 is 11.9 Å². The van der Waals surface area contributed by atoms with Crippen LogP contribution in [0.1, 0.15) is 38.5 Å². The van der Waals surface area contributed by atoms with Gasteiger partial charge in [0.15, 0.2) is 0 Å². The van der Waals surface area contributed by atoms with Crippen molar-refractivity contribution in [2.45, 2.75) is 44.6 Å². The Labute approximate surface area is 95.6 Å². The Morgan fingerprint density at radius 3 is 2.12 bits per heavy atom. The second kappa shape index (κ2) is 4.44. The van der Waals surface area contributed by atoms with Gasteiger partial charge in [0.1, 0.15) is 0 Å². The third-order valence-electron chi connectivity index (χ3n) is 3.84. The van der Waals surface area contributed by atoms with E-state index in [1.807, 2.05) is 7.05 Å². The lowest BCUT2D eigenvalue weighted by Gasteiger charge is -2.31. The lowest BCUT2D eigenvalue weighted by Crippen LogP contribution is -2.41. The summed E-state index contributed by atoms with van der Waals surface area (Å²) in [5.74, 6) is -1.49. The molecular weight excluding hydrogens is 206 g/mol. The predicted molar refractivity (Wildman–Crippen MR) is 58.9 cm³/mol. The van der Waals surface area contributed by atoms with Crippen LogP contribution in [0.4, 0.5) is 0 Å². The van der Waals surface area contributed by atoms with E-state index < -0.39 is 11.9 Å². The summed E-state index contributed by atoms with van der Waals surface area (Å²) in [5.41, 5.74) is 0. The minimum atomic E-state index is -0.803. The largest absolute Gasteiger partial charge is 0.481 e. The fraction of sp³-hybridized carbons (Fsp3) is 0.833. The molecule has 2 rings (SSSR count). The van der Waals surface area contributed by atoms with Crippen LogP contribution in [0.3, 0.4) is 0 Å². The maximum atomic E-state index is 12.2. The van der Waals surface area contributed by atoms with Crippen LogP contribution < -0.4 is 0 Å². The molecule has 16 heavy (non-hydrogen) atoms. The van der Waals surface area contributed by atoms with Crippen molar-refractivity contribution in [3.63, 3.8) is 0 Å². The van der Waals surface area contributed by atoms with Gasteiger partial charge in [-0.1, -0.05) is 12.8 Å². The van der Waals surface area contributed by atoms with Gasteiger partial charge in [0.25, 0.3) is 0 Å². The first kappa shape index (κ1) is 11.4. The summed E-state index contributed by atoms with van der Waals surface area (Å²) in [6.45, 7) is 0. The molecule has 1 amide bonds. The van der Waals surface area contributed by atoms with Crippen LogP contribution in [-0.2, 0) is 9.59 Å². The van der Waals surface area contributed by atoms with Crippen LogP contribution in [0.15, 0.2) is 0 Å². The van der Waals surface area contributed by atoms with Crippen molar-refractivity contribution < 1.29 is 14.7 Å². The van der Waals surface area contributed by atoms with Gasteiger partial charge in [-0.2, -0.15) is 0 Å². The fourth-order valence-electron chi connectivity index (χ4n) is 2.63. The molecule has 2 atom stereocenters. The summed E-state index contributed by atoms with van der Waals surface area (Å²) in [7, 11) is 1.81. The predicted octanol–water partition coefficient (Wildman–Crippen LogP) is 1.50. The Hall–Kier alpha value is -1.06. The van der Waals surface area contributed by atoms with Gasteiger partial charge in [0.2, 0.25) is 5.91 Å². The number of aliphatic carboxylic acids is 1. The van der Waals surface area contributed by atoms with E-state index in [4.69, 9.17) is 5.11 Å². The first-order chi connectivity index (χ1) is 7.61. The molecule has 0 spiro atoms. The lowest BCUT2D eigenvalue weighted by molar-refractivity contribution is -0.152. The van der Waals surface area contributed by atoms with Gasteiger partial charge >= 0.3 is 5.97 Å². The van der Waals surface area contributed by atoms with E-state index in [2.05, 4.69) is 0 Å². The molecule has 90 valence electrons. The van der Waals surface area contributed by atoms with E-state index in [9.17, 15) is 9.59 Å². The molecule has 0 aromatic carbocycles. The minimum Gasteiger partial charge on any atom is -0.481 e. The van der Waals surface area contributed by atoms with Gasteiger partial charge < -0.3 is 10.0 Å². The number of rotatable bonds is 3. The van der Waals surface area contributed by atoms with Crippen LogP contribution in [0, 0.1) is 11.8 Å². The smallest absolute Gasteiger partial charge is 0.307 e. The highest BCUT2D eigenvalue weighted by molar-refractivity contribution is 5.85. The van der Waals surface area contributed by atoms with Gasteiger partial charge in [-0.3, -0.25) is 9.59 Å². The number of nitrogens with zero attached hydrogens (tertiary/aromatic N) is 1. The molecule has 0 bridgehead atoms. The molecule has 2 saturated carbocycles. The van der Waals surface area contributed by atoms with Crippen molar-refractivity contribution in [1.82, 2.24) is 4.90 Å². The average molecular weight is 225 g/mol. The number of carbonyl (C=O) groups excluding carboxylic acids is 1. The van der Waals surface area contributed by atoms with E-state index in [1.165, 1.54) is 0 Å². The number of carboxylic acids is 1. The summed E-state index contributed by atoms with van der Waals surface area (Å²) < 4.78 is 0. The second-order valence-corrected chi connectivity index (χ2v) is 5.02. The molecule has 0 aromatic heterocycles. The molecular formula is C12H19NO3. The molecule has 2 aliphatic rings. The van der Waals surface area contributed by atoms with E-state index in [0.717, 1.165) is 32.1 Å². The van der Waals surface area contributed by atoms with Crippen LogP contribution >= 0.6 is 0 Å². The minimum absolute atomic E-state index is 0.0506. The lowest BCUT2D eigenvalue weighted by atomic mass is 9.78. The van der Waals surface area contributed by atoms with Gasteiger partial charge in [0, 0.05) is 13.1 Å². The summed E-state index contributed by atoms with van der Waals surface area (Å²) in [6, 6.07) is 0.379. The first-order valence-electron chi connectivity index (χ1n) is 6.10. The van der Waals surface area contributed by atoms with Crippen LogP contribution in [0.25, 0.3) is 0 Å². The van der Waals surface area contributed by atoms with Gasteiger partial charge in [-0.05, 0) is 25.7 Å². The van der Waals surface area contributed by atoms with Crippen LogP contribution in [-0.4, -0.2) is 35.0 Å². The Morgan fingerprint density at radius 2 is 1.62 bits per heavy atom. The van der Waals surface area contributed by atoms with E-state index in [1.54, 1.807) is 4.90 Å². The Balaban J connectivity index is 2.03. The number of hydrogen-bond donors (Lipinski definition) is 1. The molecule has 0 saturated heterocycles. The number of carbonyl (C=O) groups is 2. The number of carboxylic acid groups (broad SMARTS) is 1. The summed E-state index contributed by atoms with van der Waals surface area (Å²) in [6.07, 6.45) is 5.48. The maximum absolute atomic E-state index is 12.2. The molecule has 2 aliphatic carbocycles. The summed E-state index contributed by atoms with van der Waals surface area (Å²) >= 11 is 0. The van der Waals surface area contributed by atoms with Crippen LogP contribution in [0.2, 0.25) is 0 Å². The van der Waals surface area contributed by atoms with Crippen molar-refractivity contribution in [3.05, 3.63) is 0 Å². The average Bonchev–Trinajstić information content (AvgIpc) is 3.11. The molecule has 0 heterocycles. The third kappa shape index (κ3) is 2.20. The molecule has 0 unspecified atom stereocenters. The highest BCUT2D eigenvalue weighted by Gasteiger charge is 2.40.